The van der Waals surface area contributed by atoms with E-state index in [1.54, 1.807) is 7.05 Å². The number of rotatable bonds is 4. The number of benzene rings is 1. The quantitative estimate of drug-likeness (QED) is 0.793. The van der Waals surface area contributed by atoms with E-state index >= 15 is 0 Å². The molecule has 1 aromatic carbocycles. The summed E-state index contributed by atoms with van der Waals surface area (Å²) in [5, 5.41) is 0. The Hall–Kier alpha value is -1.16. The van der Waals surface area contributed by atoms with Crippen LogP contribution in [0.3, 0.4) is 0 Å². The van der Waals surface area contributed by atoms with Crippen molar-refractivity contribution in [3.05, 3.63) is 34.3 Å². The smallest absolute Gasteiger partial charge is 0.289 e. The lowest BCUT2D eigenvalue weighted by atomic mass is 10.1. The summed E-state index contributed by atoms with van der Waals surface area (Å²) in [6, 6.07) is 7.85. The van der Waals surface area contributed by atoms with E-state index in [0.29, 0.717) is 6.54 Å². The molecule has 3 nitrogen and oxygen atoms in total. The van der Waals surface area contributed by atoms with Gasteiger partial charge in [0.05, 0.1) is 0 Å². The van der Waals surface area contributed by atoms with Crippen LogP contribution < -0.4 is 0 Å². The van der Waals surface area contributed by atoms with Gasteiger partial charge in [-0.3, -0.25) is 9.59 Å². The summed E-state index contributed by atoms with van der Waals surface area (Å²) in [5.74, 6) is -0.860. The maximum Gasteiger partial charge on any atom is 0.289 e. The standard InChI is InChI=1S/C12H14BrNO2/c1-9(15)12(16)14(2)8-7-10-5-3-4-6-11(10)13/h3-6H,7-8H2,1-2H3. The maximum atomic E-state index is 11.3. The highest BCUT2D eigenvalue weighted by atomic mass is 79.9. The first-order chi connectivity index (χ1) is 7.52. The van der Waals surface area contributed by atoms with E-state index < -0.39 is 11.7 Å². The van der Waals surface area contributed by atoms with Gasteiger partial charge in [0.1, 0.15) is 0 Å². The SMILES string of the molecule is CC(=O)C(=O)N(C)CCc1ccccc1Br. The van der Waals surface area contributed by atoms with Crippen LogP contribution in [-0.2, 0) is 16.0 Å². The number of hydrogen-bond acceptors (Lipinski definition) is 2. The molecule has 16 heavy (non-hydrogen) atoms. The molecule has 0 aliphatic carbocycles. The Morgan fingerprint density at radius 1 is 1.31 bits per heavy atom. The monoisotopic (exact) mass is 283 g/mol. The van der Waals surface area contributed by atoms with Crippen LogP contribution >= 0.6 is 15.9 Å². The van der Waals surface area contributed by atoms with E-state index in [4.69, 9.17) is 0 Å². The Kier molecular flexibility index (Phi) is 4.68. The van der Waals surface area contributed by atoms with Crippen molar-refractivity contribution in [1.82, 2.24) is 4.90 Å². The number of ketones is 1. The number of nitrogens with zero attached hydrogens (tertiary/aromatic N) is 1. The molecule has 0 fully saturated rings. The predicted octanol–water partition coefficient (Wildman–Crippen LogP) is 2.04. The van der Waals surface area contributed by atoms with Crippen LogP contribution in [0.25, 0.3) is 0 Å². The first-order valence-electron chi connectivity index (χ1n) is 5.02. The predicted molar refractivity (Wildman–Crippen MR) is 66.2 cm³/mol. The van der Waals surface area contributed by atoms with E-state index in [1.807, 2.05) is 24.3 Å². The van der Waals surface area contributed by atoms with Gasteiger partial charge >= 0.3 is 0 Å². The van der Waals surface area contributed by atoms with Crippen molar-refractivity contribution in [3.8, 4) is 0 Å². The molecule has 4 heteroatoms. The molecule has 0 saturated carbocycles. The zero-order chi connectivity index (χ0) is 12.1. The van der Waals surface area contributed by atoms with Crippen molar-refractivity contribution < 1.29 is 9.59 Å². The third-order valence-corrected chi connectivity index (χ3v) is 3.10. The first kappa shape index (κ1) is 12.9. The minimum Gasteiger partial charge on any atom is -0.339 e. The first-order valence-corrected chi connectivity index (χ1v) is 5.81. The van der Waals surface area contributed by atoms with Crippen LogP contribution in [0.5, 0.6) is 0 Å². The molecule has 1 rings (SSSR count). The molecule has 0 radical (unpaired) electrons. The van der Waals surface area contributed by atoms with E-state index in [2.05, 4.69) is 15.9 Å². The second kappa shape index (κ2) is 5.80. The van der Waals surface area contributed by atoms with Gasteiger partial charge in [-0.15, -0.1) is 0 Å². The van der Waals surface area contributed by atoms with Gasteiger partial charge in [-0.1, -0.05) is 34.1 Å². The number of carbonyl (C=O) groups excluding carboxylic acids is 2. The molecule has 0 unspecified atom stereocenters. The van der Waals surface area contributed by atoms with Crippen LogP contribution in [-0.4, -0.2) is 30.2 Å². The fraction of sp³-hybridized carbons (Fsp3) is 0.333. The van der Waals surface area contributed by atoms with E-state index in [0.717, 1.165) is 16.5 Å². The molecule has 0 aliphatic heterocycles. The van der Waals surface area contributed by atoms with Crippen molar-refractivity contribution in [2.45, 2.75) is 13.3 Å². The molecule has 1 amide bonds. The normalized spacial score (nSPS) is 9.94. The second-order valence-electron chi connectivity index (χ2n) is 3.62. The van der Waals surface area contributed by atoms with Gasteiger partial charge < -0.3 is 4.90 Å². The molecule has 0 spiro atoms. The number of carbonyl (C=O) groups is 2. The lowest BCUT2D eigenvalue weighted by Crippen LogP contribution is -2.33. The molecule has 0 bridgehead atoms. The van der Waals surface area contributed by atoms with Gasteiger partial charge in [0, 0.05) is 25.0 Å². The Bertz CT molecular complexity index is 404. The van der Waals surface area contributed by atoms with Crippen LogP contribution in [0.4, 0.5) is 0 Å². The zero-order valence-corrected chi connectivity index (χ0v) is 11.0. The van der Waals surface area contributed by atoms with Gasteiger partial charge in [0.15, 0.2) is 0 Å². The molecule has 1 aromatic rings. The summed E-state index contributed by atoms with van der Waals surface area (Å²) in [7, 11) is 1.64. The van der Waals surface area contributed by atoms with Gasteiger partial charge in [-0.05, 0) is 18.1 Å². The number of hydrogen-bond donors (Lipinski definition) is 0. The van der Waals surface area contributed by atoms with Gasteiger partial charge in [0.2, 0.25) is 5.78 Å². The molecule has 0 N–H and O–H groups in total. The lowest BCUT2D eigenvalue weighted by Gasteiger charge is -2.15. The molecule has 86 valence electrons. The van der Waals surface area contributed by atoms with Crippen molar-refractivity contribution >= 4 is 27.6 Å². The topological polar surface area (TPSA) is 37.4 Å². The van der Waals surface area contributed by atoms with Gasteiger partial charge in [-0.2, -0.15) is 0 Å². The van der Waals surface area contributed by atoms with Crippen LogP contribution in [0, 0.1) is 0 Å². The fourth-order valence-electron chi connectivity index (χ4n) is 1.36. The zero-order valence-electron chi connectivity index (χ0n) is 9.37. The van der Waals surface area contributed by atoms with Crippen LogP contribution in [0.1, 0.15) is 12.5 Å². The van der Waals surface area contributed by atoms with Crippen molar-refractivity contribution in [2.75, 3.05) is 13.6 Å². The molecule has 0 aromatic heterocycles. The van der Waals surface area contributed by atoms with Crippen molar-refractivity contribution in [1.29, 1.82) is 0 Å². The molecule has 0 heterocycles. The second-order valence-corrected chi connectivity index (χ2v) is 4.48. The summed E-state index contributed by atoms with van der Waals surface area (Å²) in [6.45, 7) is 1.83. The number of likely N-dealkylation sites (N-methyl/N-ethyl adjacent to an activating group) is 1. The number of Topliss-reactive ketones (excluding diaryl/α,β-unsaturated/α-hetero) is 1. The Labute approximate surface area is 104 Å². The minimum absolute atomic E-state index is 0.422. The molecule has 0 atom stereocenters. The Morgan fingerprint density at radius 2 is 1.94 bits per heavy atom. The Morgan fingerprint density at radius 3 is 2.50 bits per heavy atom. The summed E-state index contributed by atoms with van der Waals surface area (Å²) in [6.07, 6.45) is 0.733. The summed E-state index contributed by atoms with van der Waals surface area (Å²) < 4.78 is 1.03. The van der Waals surface area contributed by atoms with Crippen LogP contribution in [0.2, 0.25) is 0 Å². The summed E-state index contributed by atoms with van der Waals surface area (Å²) in [5.41, 5.74) is 1.13. The Balaban J connectivity index is 2.55. The van der Waals surface area contributed by atoms with Gasteiger partial charge in [0.25, 0.3) is 5.91 Å². The largest absolute Gasteiger partial charge is 0.339 e. The molecule has 0 saturated heterocycles. The molecular formula is C12H14BrNO2. The molecule has 0 aliphatic rings. The van der Waals surface area contributed by atoms with Crippen molar-refractivity contribution in [2.24, 2.45) is 0 Å². The lowest BCUT2D eigenvalue weighted by molar-refractivity contribution is -0.142. The number of amides is 1. The fourth-order valence-corrected chi connectivity index (χ4v) is 1.84. The van der Waals surface area contributed by atoms with E-state index in [1.165, 1.54) is 11.8 Å². The third kappa shape index (κ3) is 3.45. The third-order valence-electron chi connectivity index (χ3n) is 2.32. The average molecular weight is 284 g/mol. The highest BCUT2D eigenvalue weighted by molar-refractivity contribution is 9.10. The highest BCUT2D eigenvalue weighted by Gasteiger charge is 2.13. The highest BCUT2D eigenvalue weighted by Crippen LogP contribution is 2.16. The minimum atomic E-state index is -0.438. The average Bonchev–Trinajstić information content (AvgIpc) is 2.26. The van der Waals surface area contributed by atoms with Crippen LogP contribution in [0.15, 0.2) is 28.7 Å². The maximum absolute atomic E-state index is 11.3. The van der Waals surface area contributed by atoms with E-state index in [9.17, 15) is 9.59 Å². The van der Waals surface area contributed by atoms with Crippen molar-refractivity contribution in [3.63, 3.8) is 0 Å². The van der Waals surface area contributed by atoms with E-state index in [-0.39, 0.29) is 0 Å². The summed E-state index contributed by atoms with van der Waals surface area (Å²) in [4.78, 5) is 23.6. The van der Waals surface area contributed by atoms with Gasteiger partial charge in [-0.25, -0.2) is 0 Å². The number of halogens is 1. The summed E-state index contributed by atoms with van der Waals surface area (Å²) >= 11 is 3.44. The molecular weight excluding hydrogens is 270 g/mol.